The van der Waals surface area contributed by atoms with Crippen LogP contribution in [-0.4, -0.2) is 11.6 Å². The molecule has 3 rings (SSSR count). The van der Waals surface area contributed by atoms with Crippen molar-refractivity contribution < 1.29 is 14.0 Å². The maximum atomic E-state index is 12.5. The summed E-state index contributed by atoms with van der Waals surface area (Å²) in [6.07, 6.45) is 7.93. The Morgan fingerprint density at radius 1 is 1.33 bits per heavy atom. The lowest BCUT2D eigenvalue weighted by atomic mass is 9.64. The van der Waals surface area contributed by atoms with Gasteiger partial charge in [-0.3, -0.25) is 9.59 Å². The number of ketones is 2. The van der Waals surface area contributed by atoms with Crippen LogP contribution in [0.25, 0.3) is 0 Å². The highest BCUT2D eigenvalue weighted by atomic mass is 16.3. The number of hydrogen-bond donors (Lipinski definition) is 0. The fourth-order valence-electron chi connectivity index (χ4n) is 2.69. The third-order valence-corrected chi connectivity index (χ3v) is 3.88. The Balaban J connectivity index is 2.22. The number of rotatable bonds is 1. The van der Waals surface area contributed by atoms with Crippen molar-refractivity contribution in [2.75, 3.05) is 0 Å². The Kier molecular flexibility index (Phi) is 2.21. The Morgan fingerprint density at radius 3 is 2.83 bits per heavy atom. The molecular weight excluding hydrogens is 228 g/mol. The monoisotopic (exact) mass is 242 g/mol. The first-order chi connectivity index (χ1) is 8.58. The molecule has 18 heavy (non-hydrogen) atoms. The zero-order valence-electron chi connectivity index (χ0n) is 10.4. The molecule has 3 nitrogen and oxygen atoms in total. The third kappa shape index (κ3) is 1.24. The second-order valence-electron chi connectivity index (χ2n) is 5.01. The minimum atomic E-state index is -0.790. The smallest absolute Gasteiger partial charge is 0.209 e. The number of fused-ring (bicyclic) bond motifs is 2. The number of Topliss-reactive ketones (excluding diaryl/α,β-unsaturated/α-hetero) is 2. The van der Waals surface area contributed by atoms with Gasteiger partial charge in [0, 0.05) is 6.42 Å². The molecule has 0 spiro atoms. The van der Waals surface area contributed by atoms with E-state index in [4.69, 9.17) is 4.42 Å². The summed E-state index contributed by atoms with van der Waals surface area (Å²) in [5.74, 6) is 0.413. The first-order valence-electron chi connectivity index (χ1n) is 6.15. The minimum Gasteiger partial charge on any atom is -0.457 e. The van der Waals surface area contributed by atoms with Crippen molar-refractivity contribution in [2.24, 2.45) is 11.3 Å². The standard InChI is InChI=1S/C15H14O3/c1-3-9-8-10-12(16)11-6-4-5-7-15(11,2)14(17)13(10)18-9/h4-8,11H,3H2,1-2H3. The van der Waals surface area contributed by atoms with Crippen molar-refractivity contribution in [2.45, 2.75) is 20.3 Å². The van der Waals surface area contributed by atoms with Gasteiger partial charge in [-0.05, 0) is 13.0 Å². The van der Waals surface area contributed by atoms with E-state index in [2.05, 4.69) is 0 Å². The van der Waals surface area contributed by atoms with E-state index in [1.54, 1.807) is 19.1 Å². The molecule has 2 aliphatic rings. The first-order valence-corrected chi connectivity index (χ1v) is 6.15. The van der Waals surface area contributed by atoms with E-state index in [1.165, 1.54) is 0 Å². The highest BCUT2D eigenvalue weighted by Crippen LogP contribution is 2.44. The summed E-state index contributed by atoms with van der Waals surface area (Å²) >= 11 is 0. The molecule has 2 unspecified atom stereocenters. The van der Waals surface area contributed by atoms with Crippen molar-refractivity contribution in [3.8, 4) is 0 Å². The van der Waals surface area contributed by atoms with E-state index < -0.39 is 11.3 Å². The Morgan fingerprint density at radius 2 is 2.11 bits per heavy atom. The Bertz CT molecular complexity index is 603. The predicted octanol–water partition coefficient (Wildman–Crippen LogP) is 2.97. The summed E-state index contributed by atoms with van der Waals surface area (Å²) in [5.41, 5.74) is -0.346. The fraction of sp³-hybridized carbons (Fsp3) is 0.333. The molecule has 3 heteroatoms. The fourth-order valence-corrected chi connectivity index (χ4v) is 2.69. The van der Waals surface area contributed by atoms with Crippen LogP contribution >= 0.6 is 0 Å². The van der Waals surface area contributed by atoms with E-state index in [1.807, 2.05) is 25.2 Å². The van der Waals surface area contributed by atoms with Gasteiger partial charge in [0.1, 0.15) is 5.76 Å². The molecule has 0 fully saturated rings. The second kappa shape index (κ2) is 3.55. The largest absolute Gasteiger partial charge is 0.457 e. The lowest BCUT2D eigenvalue weighted by molar-refractivity contribution is 0.0676. The van der Waals surface area contributed by atoms with Crippen LogP contribution < -0.4 is 0 Å². The zero-order valence-corrected chi connectivity index (χ0v) is 10.4. The van der Waals surface area contributed by atoms with Gasteiger partial charge in [0.05, 0.1) is 16.9 Å². The number of hydrogen-bond acceptors (Lipinski definition) is 3. The van der Waals surface area contributed by atoms with Crippen molar-refractivity contribution in [3.63, 3.8) is 0 Å². The zero-order chi connectivity index (χ0) is 12.9. The van der Waals surface area contributed by atoms with Crippen LogP contribution in [0.2, 0.25) is 0 Å². The van der Waals surface area contributed by atoms with Gasteiger partial charge in [0.25, 0.3) is 0 Å². The molecule has 0 radical (unpaired) electrons. The lowest BCUT2D eigenvalue weighted by Crippen LogP contribution is -2.43. The molecule has 0 aromatic carbocycles. The third-order valence-electron chi connectivity index (χ3n) is 3.88. The predicted molar refractivity (Wildman–Crippen MR) is 66.6 cm³/mol. The summed E-state index contributed by atoms with van der Waals surface area (Å²) < 4.78 is 5.52. The second-order valence-corrected chi connectivity index (χ2v) is 5.01. The van der Waals surface area contributed by atoms with E-state index in [-0.39, 0.29) is 17.3 Å². The maximum absolute atomic E-state index is 12.5. The molecule has 1 aromatic rings. The van der Waals surface area contributed by atoms with Gasteiger partial charge in [-0.25, -0.2) is 0 Å². The summed E-state index contributed by atoms with van der Waals surface area (Å²) in [6.45, 7) is 3.74. The van der Waals surface area contributed by atoms with Gasteiger partial charge in [0.15, 0.2) is 11.5 Å². The summed E-state index contributed by atoms with van der Waals surface area (Å²) in [6, 6.07) is 1.71. The molecule has 1 heterocycles. The topological polar surface area (TPSA) is 47.3 Å². The Hall–Kier alpha value is -1.90. The van der Waals surface area contributed by atoms with Crippen LogP contribution in [0.4, 0.5) is 0 Å². The van der Waals surface area contributed by atoms with Crippen LogP contribution in [0.3, 0.4) is 0 Å². The molecule has 0 bridgehead atoms. The van der Waals surface area contributed by atoms with Crippen molar-refractivity contribution >= 4 is 11.6 Å². The number of carbonyl (C=O) groups excluding carboxylic acids is 2. The number of carbonyl (C=O) groups is 2. The summed E-state index contributed by atoms with van der Waals surface area (Å²) in [7, 11) is 0. The van der Waals surface area contributed by atoms with Crippen LogP contribution in [0, 0.1) is 11.3 Å². The summed E-state index contributed by atoms with van der Waals surface area (Å²) in [4.78, 5) is 25.0. The number of aryl methyl sites for hydroxylation is 1. The SMILES string of the molecule is CCc1cc2c(o1)C(=O)C1(C)C=CC=CC1C2=O. The van der Waals surface area contributed by atoms with Gasteiger partial charge in [-0.2, -0.15) is 0 Å². The minimum absolute atomic E-state index is 0.0175. The first kappa shape index (κ1) is 11.2. The molecule has 1 aromatic heterocycles. The lowest BCUT2D eigenvalue weighted by Gasteiger charge is -2.35. The van der Waals surface area contributed by atoms with Crippen LogP contribution in [0.5, 0.6) is 0 Å². The highest BCUT2D eigenvalue weighted by molar-refractivity contribution is 6.17. The van der Waals surface area contributed by atoms with Gasteiger partial charge < -0.3 is 4.42 Å². The molecule has 0 N–H and O–H groups in total. The van der Waals surface area contributed by atoms with E-state index in [9.17, 15) is 9.59 Å². The van der Waals surface area contributed by atoms with Crippen molar-refractivity contribution in [1.82, 2.24) is 0 Å². The number of furan rings is 1. The molecule has 0 amide bonds. The molecule has 0 saturated carbocycles. The number of allylic oxidation sites excluding steroid dienone is 4. The van der Waals surface area contributed by atoms with Crippen molar-refractivity contribution in [1.29, 1.82) is 0 Å². The highest BCUT2D eigenvalue weighted by Gasteiger charge is 2.50. The van der Waals surface area contributed by atoms with Gasteiger partial charge in [-0.1, -0.05) is 31.2 Å². The average molecular weight is 242 g/mol. The van der Waals surface area contributed by atoms with Crippen molar-refractivity contribution in [3.05, 3.63) is 47.5 Å². The van der Waals surface area contributed by atoms with Gasteiger partial charge >= 0.3 is 0 Å². The van der Waals surface area contributed by atoms with E-state index in [0.717, 1.165) is 0 Å². The van der Waals surface area contributed by atoms with Gasteiger partial charge in [-0.15, -0.1) is 0 Å². The van der Waals surface area contributed by atoms with E-state index >= 15 is 0 Å². The Labute approximate surface area is 105 Å². The van der Waals surface area contributed by atoms with Crippen LogP contribution in [0.15, 0.2) is 34.8 Å². The molecular formula is C15H14O3. The normalized spacial score (nSPS) is 29.3. The molecule has 2 atom stereocenters. The molecule has 92 valence electrons. The van der Waals surface area contributed by atoms with Crippen LogP contribution in [0.1, 0.15) is 40.5 Å². The summed E-state index contributed by atoms with van der Waals surface area (Å²) in [5, 5.41) is 0. The van der Waals surface area contributed by atoms with Gasteiger partial charge in [0.2, 0.25) is 5.78 Å². The quantitative estimate of drug-likeness (QED) is 0.760. The molecule has 0 saturated heterocycles. The molecule has 2 aliphatic carbocycles. The van der Waals surface area contributed by atoms with Crippen LogP contribution in [-0.2, 0) is 6.42 Å². The maximum Gasteiger partial charge on any atom is 0.209 e. The van der Waals surface area contributed by atoms with E-state index in [0.29, 0.717) is 17.7 Å². The average Bonchev–Trinajstić information content (AvgIpc) is 2.81. The molecule has 0 aliphatic heterocycles.